The summed E-state index contributed by atoms with van der Waals surface area (Å²) in [6.07, 6.45) is 2.30. The van der Waals surface area contributed by atoms with Gasteiger partial charge in [0, 0.05) is 55.2 Å². The van der Waals surface area contributed by atoms with E-state index in [0.29, 0.717) is 18.9 Å². The van der Waals surface area contributed by atoms with Gasteiger partial charge < -0.3 is 26.6 Å². The Bertz CT molecular complexity index is 716. The molecule has 32 heavy (non-hydrogen) atoms. The van der Waals surface area contributed by atoms with Crippen LogP contribution in [-0.4, -0.2) is 118 Å². The fourth-order valence-corrected chi connectivity index (χ4v) is 8.78. The van der Waals surface area contributed by atoms with Crippen LogP contribution in [-0.2, 0) is 26.6 Å². The van der Waals surface area contributed by atoms with Crippen molar-refractivity contribution in [2.24, 2.45) is 0 Å². The fraction of sp³-hybridized carbons (Fsp3) is 0.722. The summed E-state index contributed by atoms with van der Waals surface area (Å²) in [5, 5.41) is 0. The zero-order valence-corrected chi connectivity index (χ0v) is 21.6. The SMILES string of the molecule is C=CCN1C(=O)N(CCC[Si](OC)(OC)OC)C(=O)[N+]2(CCC2[Si](OC)(OC)OC)C1=O. The molecule has 12 nitrogen and oxygen atoms in total. The molecule has 0 N–H and O–H groups in total. The quantitative estimate of drug-likeness (QED) is 0.214. The van der Waals surface area contributed by atoms with Gasteiger partial charge >= 0.3 is 35.7 Å². The molecule has 0 radical (unpaired) electrons. The molecule has 2 saturated heterocycles. The lowest BCUT2D eigenvalue weighted by Crippen LogP contribution is -2.86. The molecule has 0 aromatic heterocycles. The molecule has 6 amide bonds. The van der Waals surface area contributed by atoms with Gasteiger partial charge in [0.1, 0.15) is 6.54 Å². The van der Waals surface area contributed by atoms with Crippen LogP contribution < -0.4 is 0 Å². The molecule has 182 valence electrons. The van der Waals surface area contributed by atoms with Gasteiger partial charge in [-0.15, -0.1) is 6.58 Å². The van der Waals surface area contributed by atoms with Crippen molar-refractivity contribution in [2.45, 2.75) is 24.6 Å². The van der Waals surface area contributed by atoms with E-state index in [1.807, 2.05) is 0 Å². The summed E-state index contributed by atoms with van der Waals surface area (Å²) in [4.78, 5) is 42.3. The van der Waals surface area contributed by atoms with Gasteiger partial charge in [0.25, 0.3) is 0 Å². The normalized spacial score (nSPS) is 24.3. The Balaban J connectivity index is 2.38. The first-order valence-electron chi connectivity index (χ1n) is 10.2. The van der Waals surface area contributed by atoms with Crippen molar-refractivity contribution in [3.8, 4) is 0 Å². The summed E-state index contributed by atoms with van der Waals surface area (Å²) in [6.45, 7) is 3.90. The Kier molecular flexibility index (Phi) is 8.88. The molecule has 2 heterocycles. The topological polar surface area (TPSA) is 113 Å². The van der Waals surface area contributed by atoms with Crippen LogP contribution in [0, 0.1) is 0 Å². The predicted molar refractivity (Wildman–Crippen MR) is 116 cm³/mol. The van der Waals surface area contributed by atoms with Crippen LogP contribution in [0.5, 0.6) is 0 Å². The van der Waals surface area contributed by atoms with E-state index in [0.717, 1.165) is 9.80 Å². The highest BCUT2D eigenvalue weighted by atomic mass is 28.4. The standard InChI is InChI=1S/C18H34N3O9Si2/c1-8-11-19-16(22)20(12-9-14-31(25-2,26-3)27-4)18(24)21(17(19)23)13-10-15(21)32(28-5,29-6)30-7/h8,15H,1,9-14H2,2-7H3/q+1. The van der Waals surface area contributed by atoms with Crippen molar-refractivity contribution in [1.29, 1.82) is 0 Å². The van der Waals surface area contributed by atoms with E-state index < -0.39 is 45.9 Å². The maximum Gasteiger partial charge on any atom is 0.563 e. The van der Waals surface area contributed by atoms with Crippen molar-refractivity contribution < 1.29 is 45.4 Å². The molecule has 0 bridgehead atoms. The number of urea groups is 3. The third-order valence-electron chi connectivity index (χ3n) is 6.26. The minimum Gasteiger partial charge on any atom is -0.377 e. The van der Waals surface area contributed by atoms with Crippen molar-refractivity contribution in [3.05, 3.63) is 12.7 Å². The van der Waals surface area contributed by atoms with Crippen LogP contribution in [0.2, 0.25) is 6.04 Å². The summed E-state index contributed by atoms with van der Waals surface area (Å²) in [6, 6.07) is -1.53. The van der Waals surface area contributed by atoms with Crippen LogP contribution in [0.25, 0.3) is 0 Å². The molecule has 0 aliphatic carbocycles. The van der Waals surface area contributed by atoms with E-state index in [1.165, 1.54) is 48.7 Å². The lowest BCUT2D eigenvalue weighted by Gasteiger charge is -2.54. The van der Waals surface area contributed by atoms with E-state index in [4.69, 9.17) is 26.6 Å². The molecule has 1 spiro atoms. The molecule has 0 aromatic carbocycles. The minimum atomic E-state index is -3.37. The largest absolute Gasteiger partial charge is 0.563 e. The van der Waals surface area contributed by atoms with E-state index in [1.54, 1.807) is 0 Å². The van der Waals surface area contributed by atoms with E-state index in [9.17, 15) is 14.4 Å². The first-order valence-corrected chi connectivity index (χ1v) is 13.9. The van der Waals surface area contributed by atoms with Gasteiger partial charge in [0.2, 0.25) is 0 Å². The summed E-state index contributed by atoms with van der Waals surface area (Å²) >= 11 is 0. The first kappa shape index (κ1) is 26.8. The van der Waals surface area contributed by atoms with Gasteiger partial charge in [0.05, 0.1) is 13.0 Å². The van der Waals surface area contributed by atoms with Crippen LogP contribution in [0.4, 0.5) is 14.4 Å². The molecule has 2 aliphatic heterocycles. The number of imide groups is 3. The number of rotatable bonds is 13. The van der Waals surface area contributed by atoms with Crippen LogP contribution in [0.15, 0.2) is 12.7 Å². The predicted octanol–water partition coefficient (Wildman–Crippen LogP) is 1.42. The first-order chi connectivity index (χ1) is 15.2. The average Bonchev–Trinajstić information content (AvgIpc) is 2.79. The molecular weight excluding hydrogens is 458 g/mol. The van der Waals surface area contributed by atoms with Gasteiger partial charge in [0.15, 0.2) is 5.67 Å². The fourth-order valence-electron chi connectivity index (χ4n) is 4.39. The molecule has 0 saturated carbocycles. The highest BCUT2D eigenvalue weighted by molar-refractivity contribution is 6.62. The Labute approximate surface area is 190 Å². The summed E-state index contributed by atoms with van der Waals surface area (Å²) in [5.74, 6) is 0. The van der Waals surface area contributed by atoms with Gasteiger partial charge in [-0.25, -0.2) is 24.2 Å². The molecule has 0 aromatic rings. The Morgan fingerprint density at radius 1 is 0.938 bits per heavy atom. The maximum atomic E-state index is 13.6. The highest BCUT2D eigenvalue weighted by Gasteiger charge is 2.75. The van der Waals surface area contributed by atoms with E-state index >= 15 is 0 Å². The van der Waals surface area contributed by atoms with Gasteiger partial charge in [-0.05, 0) is 6.42 Å². The zero-order chi connectivity index (χ0) is 24.2. The van der Waals surface area contributed by atoms with Crippen LogP contribution in [0.3, 0.4) is 0 Å². The van der Waals surface area contributed by atoms with Crippen molar-refractivity contribution in [1.82, 2.24) is 9.80 Å². The molecule has 2 fully saturated rings. The Hall–Kier alpha value is -1.50. The summed E-state index contributed by atoms with van der Waals surface area (Å²) in [5.41, 5.74) is -0.657. The van der Waals surface area contributed by atoms with Gasteiger partial charge in [-0.3, -0.25) is 0 Å². The van der Waals surface area contributed by atoms with Crippen LogP contribution in [0.1, 0.15) is 12.8 Å². The number of quaternary nitrogens is 1. The average molecular weight is 493 g/mol. The third kappa shape index (κ3) is 4.10. The smallest absolute Gasteiger partial charge is 0.377 e. The monoisotopic (exact) mass is 492 g/mol. The minimum absolute atomic E-state index is 0.0252. The van der Waals surface area contributed by atoms with E-state index in [2.05, 4.69) is 6.58 Å². The van der Waals surface area contributed by atoms with Crippen LogP contribution >= 0.6 is 0 Å². The highest BCUT2D eigenvalue weighted by Crippen LogP contribution is 2.41. The molecule has 2 atom stereocenters. The summed E-state index contributed by atoms with van der Waals surface area (Å²) in [7, 11) is 2.53. The van der Waals surface area contributed by atoms with Gasteiger partial charge in [-0.1, -0.05) is 6.08 Å². The second kappa shape index (κ2) is 10.6. The van der Waals surface area contributed by atoms with Crippen molar-refractivity contribution >= 4 is 35.7 Å². The second-order valence-electron chi connectivity index (χ2n) is 7.41. The summed E-state index contributed by atoms with van der Waals surface area (Å²) < 4.78 is 32.4. The molecule has 14 heteroatoms. The molecular formula is C18H34N3O9Si2+. The number of nitrogens with zero attached hydrogens (tertiary/aromatic N) is 3. The molecule has 2 rings (SSSR count). The number of hydrogen-bond donors (Lipinski definition) is 0. The zero-order valence-electron chi connectivity index (χ0n) is 19.6. The lowest BCUT2D eigenvalue weighted by molar-refractivity contribution is -0.839. The third-order valence-corrected chi connectivity index (χ3v) is 12.3. The number of carbonyl (C=O) groups excluding carboxylic acids is 3. The second-order valence-corrected chi connectivity index (χ2v) is 13.6. The molecule has 2 unspecified atom stereocenters. The van der Waals surface area contributed by atoms with Gasteiger partial charge in [-0.2, -0.15) is 4.48 Å². The maximum absolute atomic E-state index is 13.6. The number of amides is 6. The van der Waals surface area contributed by atoms with Crippen molar-refractivity contribution in [2.75, 3.05) is 62.3 Å². The molecule has 2 aliphatic rings. The van der Waals surface area contributed by atoms with E-state index in [-0.39, 0.29) is 19.6 Å². The number of carbonyl (C=O) groups is 3. The Morgan fingerprint density at radius 2 is 1.47 bits per heavy atom. The number of hydrogen-bond acceptors (Lipinski definition) is 9. The lowest BCUT2D eigenvalue weighted by atomic mass is 10.1. The Morgan fingerprint density at radius 3 is 1.88 bits per heavy atom. The van der Waals surface area contributed by atoms with Crippen molar-refractivity contribution in [3.63, 3.8) is 0 Å².